The molecule has 1 radical (unpaired) electrons. The summed E-state index contributed by atoms with van der Waals surface area (Å²) >= 11 is -1.80. The summed E-state index contributed by atoms with van der Waals surface area (Å²) in [6, 6.07) is 0. The number of hydrogen-bond donors (Lipinski definition) is 0. The third kappa shape index (κ3) is 4.76. The zero-order valence-electron chi connectivity index (χ0n) is 12.5. The van der Waals surface area contributed by atoms with Crippen LogP contribution in [0.1, 0.15) is 78.6 Å². The third-order valence-corrected chi connectivity index (χ3v) is 22.5. The Labute approximate surface area is 114 Å². The van der Waals surface area contributed by atoms with Gasteiger partial charge in [0.05, 0.1) is 0 Å². The van der Waals surface area contributed by atoms with E-state index in [0.717, 1.165) is 0 Å². The molecular formula is C16H33Sn. The van der Waals surface area contributed by atoms with Crippen molar-refractivity contribution in [3.05, 3.63) is 3.93 Å². The Morgan fingerprint density at radius 3 is 1.35 bits per heavy atom. The van der Waals surface area contributed by atoms with Crippen molar-refractivity contribution in [3.63, 3.8) is 0 Å². The molecule has 1 saturated carbocycles. The molecule has 0 bridgehead atoms. The second-order valence-corrected chi connectivity index (χ2v) is 21.3. The van der Waals surface area contributed by atoms with E-state index in [1.165, 1.54) is 57.8 Å². The van der Waals surface area contributed by atoms with Crippen LogP contribution in [0.25, 0.3) is 0 Å². The van der Waals surface area contributed by atoms with Gasteiger partial charge in [0, 0.05) is 0 Å². The van der Waals surface area contributed by atoms with E-state index < -0.39 is 18.4 Å². The van der Waals surface area contributed by atoms with Gasteiger partial charge in [-0.2, -0.15) is 0 Å². The molecular weight excluding hydrogens is 311 g/mol. The molecule has 1 rings (SSSR count). The summed E-state index contributed by atoms with van der Waals surface area (Å²) in [7, 11) is 0. The van der Waals surface area contributed by atoms with Crippen molar-refractivity contribution in [3.8, 4) is 0 Å². The van der Waals surface area contributed by atoms with Crippen LogP contribution in [0, 0.1) is 3.93 Å². The molecule has 1 fully saturated rings. The van der Waals surface area contributed by atoms with E-state index in [1.807, 2.05) is 0 Å². The van der Waals surface area contributed by atoms with Crippen molar-refractivity contribution in [2.24, 2.45) is 0 Å². The first-order chi connectivity index (χ1) is 8.29. The Morgan fingerprint density at radius 1 is 0.647 bits per heavy atom. The van der Waals surface area contributed by atoms with Gasteiger partial charge in [0.25, 0.3) is 0 Å². The maximum absolute atomic E-state index is 2.49. The summed E-state index contributed by atoms with van der Waals surface area (Å²) in [5, 5.41) is 0. The molecule has 0 unspecified atom stereocenters. The monoisotopic (exact) mass is 345 g/mol. The summed E-state index contributed by atoms with van der Waals surface area (Å²) in [5.41, 5.74) is 0. The molecule has 1 heteroatoms. The molecule has 0 amide bonds. The van der Waals surface area contributed by atoms with Crippen molar-refractivity contribution in [2.45, 2.75) is 91.9 Å². The van der Waals surface area contributed by atoms with Crippen molar-refractivity contribution in [2.75, 3.05) is 0 Å². The van der Waals surface area contributed by atoms with Crippen LogP contribution in [0.2, 0.25) is 13.3 Å². The average Bonchev–Trinajstić information content (AvgIpc) is 2.39. The summed E-state index contributed by atoms with van der Waals surface area (Å²) in [6.45, 7) is 7.48. The van der Waals surface area contributed by atoms with E-state index in [-0.39, 0.29) is 0 Å². The molecule has 17 heavy (non-hydrogen) atoms. The van der Waals surface area contributed by atoms with E-state index in [9.17, 15) is 0 Å². The summed E-state index contributed by atoms with van der Waals surface area (Å²) in [5.74, 6) is 0. The van der Waals surface area contributed by atoms with Gasteiger partial charge in [-0.15, -0.1) is 0 Å². The van der Waals surface area contributed by atoms with E-state index in [1.54, 1.807) is 13.3 Å². The number of rotatable bonds is 4. The Balaban J connectivity index is 2.61. The maximum atomic E-state index is 2.49. The van der Waals surface area contributed by atoms with Gasteiger partial charge >= 0.3 is 114 Å². The van der Waals surface area contributed by atoms with Crippen LogP contribution < -0.4 is 0 Å². The molecule has 0 spiro atoms. The predicted molar refractivity (Wildman–Crippen MR) is 82.0 cm³/mol. The number of hydrogen-bond acceptors (Lipinski definition) is 0. The molecule has 0 atom stereocenters. The zero-order valence-corrected chi connectivity index (χ0v) is 15.3. The topological polar surface area (TPSA) is 0 Å². The van der Waals surface area contributed by atoms with Gasteiger partial charge in [0.2, 0.25) is 0 Å². The minimum atomic E-state index is -1.80. The second kappa shape index (κ2) is 8.82. The van der Waals surface area contributed by atoms with E-state index in [0.29, 0.717) is 0 Å². The van der Waals surface area contributed by atoms with Gasteiger partial charge in [-0.1, -0.05) is 0 Å². The normalized spacial score (nSPS) is 21.4. The van der Waals surface area contributed by atoms with Crippen LogP contribution in [0.3, 0.4) is 0 Å². The van der Waals surface area contributed by atoms with Crippen LogP contribution in [-0.2, 0) is 0 Å². The SMILES string of the molecule is C[CH2][Sn]([CH2]C)([CH2]C)[C]1CCCCCCCCC1. The van der Waals surface area contributed by atoms with Crippen LogP contribution >= 0.6 is 0 Å². The molecule has 1 aliphatic carbocycles. The molecule has 0 aromatic heterocycles. The van der Waals surface area contributed by atoms with Crippen molar-refractivity contribution >= 4 is 18.4 Å². The van der Waals surface area contributed by atoms with Crippen molar-refractivity contribution in [1.29, 1.82) is 0 Å². The third-order valence-electron chi connectivity index (χ3n) is 5.24. The van der Waals surface area contributed by atoms with Gasteiger partial charge in [0.1, 0.15) is 0 Å². The zero-order chi connectivity index (χ0) is 12.6. The molecule has 0 aliphatic heterocycles. The fourth-order valence-corrected chi connectivity index (χ4v) is 16.3. The van der Waals surface area contributed by atoms with Crippen LogP contribution in [-0.4, -0.2) is 18.4 Å². The van der Waals surface area contributed by atoms with E-state index in [2.05, 4.69) is 24.7 Å². The first kappa shape index (κ1) is 15.9. The summed E-state index contributed by atoms with van der Waals surface area (Å²) in [4.78, 5) is 0. The van der Waals surface area contributed by atoms with Crippen LogP contribution in [0.5, 0.6) is 0 Å². The Kier molecular flexibility index (Phi) is 8.23. The average molecular weight is 344 g/mol. The first-order valence-corrected chi connectivity index (χ1v) is 15.6. The van der Waals surface area contributed by atoms with Gasteiger partial charge < -0.3 is 0 Å². The molecule has 1 aliphatic rings. The first-order valence-electron chi connectivity index (χ1n) is 8.14. The molecule has 0 nitrogen and oxygen atoms in total. The predicted octanol–water partition coefficient (Wildman–Crippen LogP) is 6.13. The standard InChI is InChI=1S/C10H18.3C2H5.Sn/c1-2-4-6-8-10-9-7-5-3-1;3*1-2;/h1-9H2;3*1H2,2H3;. The quantitative estimate of drug-likeness (QED) is 0.538. The van der Waals surface area contributed by atoms with Crippen LogP contribution in [0.4, 0.5) is 0 Å². The fraction of sp³-hybridized carbons (Fsp3) is 0.938. The van der Waals surface area contributed by atoms with E-state index in [4.69, 9.17) is 0 Å². The van der Waals surface area contributed by atoms with Gasteiger partial charge in [-0.05, 0) is 0 Å². The van der Waals surface area contributed by atoms with Gasteiger partial charge in [-0.3, -0.25) is 0 Å². The second-order valence-electron chi connectivity index (χ2n) is 5.92. The summed E-state index contributed by atoms with van der Waals surface area (Å²) < 4.78 is 6.83. The van der Waals surface area contributed by atoms with E-state index >= 15 is 0 Å². The fourth-order valence-electron chi connectivity index (χ4n) is 3.72. The molecule has 0 heterocycles. The van der Waals surface area contributed by atoms with Crippen LogP contribution in [0.15, 0.2) is 0 Å². The van der Waals surface area contributed by atoms with Crippen molar-refractivity contribution < 1.29 is 0 Å². The molecule has 101 valence electrons. The molecule has 0 aromatic carbocycles. The molecule has 0 N–H and O–H groups in total. The Morgan fingerprint density at radius 2 is 1.00 bits per heavy atom. The Hall–Kier alpha value is 0.799. The molecule has 0 aromatic rings. The summed E-state index contributed by atoms with van der Waals surface area (Å²) in [6.07, 6.45) is 13.6. The van der Waals surface area contributed by atoms with Gasteiger partial charge in [-0.25, -0.2) is 0 Å². The van der Waals surface area contributed by atoms with Crippen molar-refractivity contribution in [1.82, 2.24) is 0 Å². The van der Waals surface area contributed by atoms with Gasteiger partial charge in [0.15, 0.2) is 0 Å². The minimum absolute atomic E-state index is 1.50. The Bertz CT molecular complexity index is 166. The molecule has 0 saturated heterocycles.